The Balaban J connectivity index is 2.02. The number of halogens is 1. The number of para-hydroxylation sites is 1. The van der Waals surface area contributed by atoms with Crippen LogP contribution in [0.5, 0.6) is 0 Å². The molecular weight excluding hydrogens is 197 g/mol. The largest absolute Gasteiger partial charge is 0.374 e. The molecule has 1 heterocycles. The molecule has 1 N–H and O–H groups in total. The monoisotopic (exact) mass is 207 g/mol. The molecule has 0 atom stereocenters. The van der Waals surface area contributed by atoms with Gasteiger partial charge >= 0.3 is 0 Å². The molecule has 0 aliphatic carbocycles. The molecule has 1 aromatic carbocycles. The molecule has 0 saturated heterocycles. The quantitative estimate of drug-likeness (QED) is 0.837. The number of rotatable bonds is 3. The van der Waals surface area contributed by atoms with Gasteiger partial charge in [0.15, 0.2) is 5.82 Å². The molecule has 2 rings (SSSR count). The minimum atomic E-state index is -0.297. The van der Waals surface area contributed by atoms with E-state index in [1.165, 1.54) is 6.07 Å². The van der Waals surface area contributed by atoms with Crippen molar-refractivity contribution >= 4 is 5.69 Å². The van der Waals surface area contributed by atoms with Crippen LogP contribution in [0.2, 0.25) is 0 Å². The number of benzene rings is 1. The van der Waals surface area contributed by atoms with Crippen molar-refractivity contribution in [3.8, 4) is 0 Å². The van der Waals surface area contributed by atoms with Crippen LogP contribution in [-0.2, 0) is 6.54 Å². The Bertz CT molecular complexity index is 455. The minimum absolute atomic E-state index is 0.297. The summed E-state index contributed by atoms with van der Waals surface area (Å²) in [5.74, 6) is 0.713. The lowest BCUT2D eigenvalue weighted by Gasteiger charge is -2.03. The van der Waals surface area contributed by atoms with Gasteiger partial charge in [0, 0.05) is 0 Å². The third-order valence-corrected chi connectivity index (χ3v) is 1.87. The fourth-order valence-electron chi connectivity index (χ4n) is 1.19. The van der Waals surface area contributed by atoms with Crippen molar-refractivity contribution < 1.29 is 8.91 Å². The van der Waals surface area contributed by atoms with Gasteiger partial charge in [0.1, 0.15) is 5.82 Å². The van der Waals surface area contributed by atoms with Crippen molar-refractivity contribution in [2.45, 2.75) is 13.5 Å². The van der Waals surface area contributed by atoms with E-state index in [1.807, 2.05) is 0 Å². The van der Waals surface area contributed by atoms with Crippen LogP contribution < -0.4 is 5.32 Å². The number of nitrogens with zero attached hydrogens (tertiary/aromatic N) is 2. The zero-order chi connectivity index (χ0) is 10.7. The molecule has 0 unspecified atom stereocenters. The van der Waals surface area contributed by atoms with Crippen LogP contribution in [0.3, 0.4) is 0 Å². The summed E-state index contributed by atoms with van der Waals surface area (Å²) in [6, 6.07) is 6.43. The van der Waals surface area contributed by atoms with Crippen molar-refractivity contribution in [3.05, 3.63) is 41.8 Å². The van der Waals surface area contributed by atoms with Crippen molar-refractivity contribution in [1.82, 2.24) is 10.1 Å². The summed E-state index contributed by atoms with van der Waals surface area (Å²) in [7, 11) is 0. The first-order chi connectivity index (χ1) is 7.25. The van der Waals surface area contributed by atoms with Crippen LogP contribution in [0.25, 0.3) is 0 Å². The van der Waals surface area contributed by atoms with Crippen molar-refractivity contribution in [2.75, 3.05) is 5.32 Å². The molecule has 0 spiro atoms. The predicted octanol–water partition coefficient (Wildman–Crippen LogP) is 2.13. The number of anilines is 1. The maximum atomic E-state index is 13.2. The average molecular weight is 207 g/mol. The molecule has 1 aromatic heterocycles. The van der Waals surface area contributed by atoms with E-state index >= 15 is 0 Å². The second-order valence-corrected chi connectivity index (χ2v) is 3.07. The van der Waals surface area contributed by atoms with Gasteiger partial charge in [-0.15, -0.1) is 0 Å². The van der Waals surface area contributed by atoms with Gasteiger partial charge in [-0.3, -0.25) is 0 Å². The van der Waals surface area contributed by atoms with Gasteiger partial charge in [-0.1, -0.05) is 17.3 Å². The molecule has 0 bridgehead atoms. The van der Waals surface area contributed by atoms with Gasteiger partial charge in [-0.05, 0) is 19.1 Å². The second-order valence-electron chi connectivity index (χ2n) is 3.07. The molecule has 4 nitrogen and oxygen atoms in total. The van der Waals surface area contributed by atoms with Gasteiger partial charge in [0.2, 0.25) is 5.89 Å². The molecule has 78 valence electrons. The van der Waals surface area contributed by atoms with E-state index in [0.717, 1.165) is 0 Å². The van der Waals surface area contributed by atoms with E-state index in [2.05, 4.69) is 15.5 Å². The van der Waals surface area contributed by atoms with E-state index in [1.54, 1.807) is 25.1 Å². The smallest absolute Gasteiger partial charge is 0.245 e. The van der Waals surface area contributed by atoms with Gasteiger partial charge in [-0.2, -0.15) is 4.98 Å². The predicted molar refractivity (Wildman–Crippen MR) is 52.8 cm³/mol. The Morgan fingerprint density at radius 3 is 2.87 bits per heavy atom. The summed E-state index contributed by atoms with van der Waals surface area (Å²) < 4.78 is 18.0. The van der Waals surface area contributed by atoms with Crippen molar-refractivity contribution in [3.63, 3.8) is 0 Å². The summed E-state index contributed by atoms with van der Waals surface area (Å²) in [6.07, 6.45) is 0. The molecule has 15 heavy (non-hydrogen) atoms. The molecule has 5 heteroatoms. The summed E-state index contributed by atoms with van der Waals surface area (Å²) in [6.45, 7) is 2.05. The normalized spacial score (nSPS) is 10.3. The lowest BCUT2D eigenvalue weighted by atomic mass is 10.3. The Kier molecular flexibility index (Phi) is 2.62. The maximum Gasteiger partial charge on any atom is 0.245 e. The molecule has 0 saturated carbocycles. The van der Waals surface area contributed by atoms with Crippen molar-refractivity contribution in [1.29, 1.82) is 0 Å². The minimum Gasteiger partial charge on any atom is -0.374 e. The Morgan fingerprint density at radius 2 is 2.20 bits per heavy atom. The van der Waals surface area contributed by atoms with E-state index < -0.39 is 0 Å². The van der Waals surface area contributed by atoms with E-state index in [9.17, 15) is 4.39 Å². The number of nitrogens with one attached hydrogen (secondary N) is 1. The van der Waals surface area contributed by atoms with Gasteiger partial charge in [0.25, 0.3) is 0 Å². The van der Waals surface area contributed by atoms with Crippen LogP contribution in [0.1, 0.15) is 11.7 Å². The van der Waals surface area contributed by atoms with Crippen LogP contribution >= 0.6 is 0 Å². The second kappa shape index (κ2) is 4.08. The van der Waals surface area contributed by atoms with Crippen LogP contribution in [0.15, 0.2) is 28.8 Å². The number of hydrogen-bond acceptors (Lipinski definition) is 4. The average Bonchev–Trinajstić information content (AvgIpc) is 2.63. The lowest BCUT2D eigenvalue weighted by Crippen LogP contribution is -2.01. The molecule has 0 radical (unpaired) electrons. The topological polar surface area (TPSA) is 51.0 Å². The van der Waals surface area contributed by atoms with Gasteiger partial charge < -0.3 is 9.84 Å². The van der Waals surface area contributed by atoms with E-state index in [0.29, 0.717) is 23.9 Å². The standard InChI is InChI=1S/C10H10FN3O/c1-7-13-10(15-14-7)6-12-9-5-3-2-4-8(9)11/h2-5,12H,6H2,1H3. The highest BCUT2D eigenvalue weighted by molar-refractivity contribution is 5.44. The number of aryl methyl sites for hydroxylation is 1. The Morgan fingerprint density at radius 1 is 1.40 bits per heavy atom. The van der Waals surface area contributed by atoms with Gasteiger partial charge in [-0.25, -0.2) is 4.39 Å². The third-order valence-electron chi connectivity index (χ3n) is 1.87. The lowest BCUT2D eigenvalue weighted by molar-refractivity contribution is 0.379. The highest BCUT2D eigenvalue weighted by Gasteiger charge is 2.04. The first kappa shape index (κ1) is 9.64. The van der Waals surface area contributed by atoms with E-state index in [-0.39, 0.29) is 5.82 Å². The summed E-state index contributed by atoms with van der Waals surface area (Å²) in [4.78, 5) is 3.99. The summed E-state index contributed by atoms with van der Waals surface area (Å²) >= 11 is 0. The van der Waals surface area contributed by atoms with Crippen LogP contribution in [0.4, 0.5) is 10.1 Å². The van der Waals surface area contributed by atoms with Crippen LogP contribution in [-0.4, -0.2) is 10.1 Å². The van der Waals surface area contributed by atoms with Gasteiger partial charge in [0.05, 0.1) is 12.2 Å². The molecule has 0 aliphatic heterocycles. The first-order valence-corrected chi connectivity index (χ1v) is 4.53. The Hall–Kier alpha value is -1.91. The zero-order valence-corrected chi connectivity index (χ0v) is 8.20. The Labute approximate surface area is 86.1 Å². The highest BCUT2D eigenvalue weighted by atomic mass is 19.1. The number of hydrogen-bond donors (Lipinski definition) is 1. The third kappa shape index (κ3) is 2.31. The van der Waals surface area contributed by atoms with E-state index in [4.69, 9.17) is 4.52 Å². The molecular formula is C10H10FN3O. The van der Waals surface area contributed by atoms with Crippen molar-refractivity contribution in [2.24, 2.45) is 0 Å². The molecule has 0 fully saturated rings. The summed E-state index contributed by atoms with van der Waals surface area (Å²) in [5, 5.41) is 6.50. The highest BCUT2D eigenvalue weighted by Crippen LogP contribution is 2.13. The molecule has 0 amide bonds. The molecule has 0 aliphatic rings. The zero-order valence-electron chi connectivity index (χ0n) is 8.20. The fourth-order valence-corrected chi connectivity index (χ4v) is 1.19. The molecule has 2 aromatic rings. The fraction of sp³-hybridized carbons (Fsp3) is 0.200. The number of aromatic nitrogens is 2. The SMILES string of the molecule is Cc1noc(CNc2ccccc2F)n1. The first-order valence-electron chi connectivity index (χ1n) is 4.53. The maximum absolute atomic E-state index is 13.2. The van der Waals surface area contributed by atoms with Crippen LogP contribution in [0, 0.1) is 12.7 Å². The summed E-state index contributed by atoms with van der Waals surface area (Å²) in [5.41, 5.74) is 0.424.